The minimum absolute atomic E-state index is 0.145. The molecule has 0 bridgehead atoms. The molecule has 2 aromatic heterocycles. The molecule has 4 N–H and O–H groups in total. The minimum Gasteiger partial charge on any atom is -0.366 e. The van der Waals surface area contributed by atoms with Crippen LogP contribution in [0.15, 0.2) is 6.20 Å². The van der Waals surface area contributed by atoms with Crippen LogP contribution in [-0.2, 0) is 29.5 Å². The summed E-state index contributed by atoms with van der Waals surface area (Å²) in [7, 11) is 0. The van der Waals surface area contributed by atoms with Crippen LogP contribution in [0.1, 0.15) is 69.4 Å². The number of hydrogen-bond donors (Lipinski definition) is 3. The van der Waals surface area contributed by atoms with Crippen LogP contribution in [0.25, 0.3) is 0 Å². The van der Waals surface area contributed by atoms with Gasteiger partial charge < -0.3 is 15.8 Å². The number of H-pyrrole nitrogens is 1. The highest BCUT2D eigenvalue weighted by molar-refractivity contribution is 7.12. The van der Waals surface area contributed by atoms with Crippen LogP contribution in [0.3, 0.4) is 0 Å². The summed E-state index contributed by atoms with van der Waals surface area (Å²) in [5.74, 6) is -1.61. The molecule has 1 aliphatic heterocycles. The van der Waals surface area contributed by atoms with Crippen molar-refractivity contribution in [2.75, 3.05) is 0 Å². The van der Waals surface area contributed by atoms with Gasteiger partial charge in [0, 0.05) is 16.2 Å². The number of amides is 2. The first-order chi connectivity index (χ1) is 13.2. The summed E-state index contributed by atoms with van der Waals surface area (Å²) >= 11 is 1.26. The Kier molecular flexibility index (Phi) is 5.02. The van der Waals surface area contributed by atoms with Crippen molar-refractivity contribution in [3.63, 3.8) is 0 Å². The first-order valence-electron chi connectivity index (χ1n) is 8.77. The third-order valence-corrected chi connectivity index (χ3v) is 6.12. The molecule has 0 saturated heterocycles. The molecule has 0 aliphatic carbocycles. The largest absolute Gasteiger partial charge is 0.433 e. The maximum absolute atomic E-state index is 13.0. The Labute approximate surface area is 168 Å². The summed E-state index contributed by atoms with van der Waals surface area (Å²) in [4.78, 5) is 25.7. The first kappa shape index (κ1) is 21.3. The van der Waals surface area contributed by atoms with Gasteiger partial charge in [0.05, 0.1) is 35.1 Å². The Morgan fingerprint density at radius 2 is 2.00 bits per heavy atom. The molecule has 0 radical (unpaired) electrons. The maximum Gasteiger partial charge on any atom is 0.433 e. The molecule has 158 valence electrons. The van der Waals surface area contributed by atoms with Crippen LogP contribution in [0.4, 0.5) is 13.2 Å². The Balaban J connectivity index is 1.92. The third kappa shape index (κ3) is 4.01. The Bertz CT molecular complexity index is 976. The number of carbonyl (C=O) groups excluding carboxylic acids is 2. The number of fused-ring (bicyclic) bond motifs is 1. The lowest BCUT2D eigenvalue weighted by atomic mass is 9.86. The molecular formula is C18H21F3N4O3S. The van der Waals surface area contributed by atoms with Gasteiger partial charge in [-0.2, -0.15) is 18.3 Å². The molecule has 1 aliphatic rings. The number of aromatic nitrogens is 2. The Hall–Kier alpha value is -2.40. The fraction of sp³-hybridized carbons (Fsp3) is 0.500. The van der Waals surface area contributed by atoms with E-state index in [0.717, 1.165) is 16.6 Å². The van der Waals surface area contributed by atoms with Crippen molar-refractivity contribution in [1.82, 2.24) is 15.5 Å². The smallest absolute Gasteiger partial charge is 0.366 e. The molecule has 11 heteroatoms. The van der Waals surface area contributed by atoms with Gasteiger partial charge in [0.1, 0.15) is 0 Å². The average Bonchev–Trinajstić information content (AvgIpc) is 3.14. The number of carbonyl (C=O) groups is 2. The lowest BCUT2D eigenvalue weighted by Crippen LogP contribution is -2.42. The second kappa shape index (κ2) is 6.84. The number of primary amides is 1. The zero-order valence-corrected chi connectivity index (χ0v) is 17.1. The summed E-state index contributed by atoms with van der Waals surface area (Å²) in [6, 6.07) is 0. The van der Waals surface area contributed by atoms with Gasteiger partial charge in [-0.3, -0.25) is 14.7 Å². The quantitative estimate of drug-likeness (QED) is 0.692. The molecule has 0 fully saturated rings. The van der Waals surface area contributed by atoms with Crippen LogP contribution in [0.5, 0.6) is 0 Å². The van der Waals surface area contributed by atoms with E-state index in [9.17, 15) is 22.8 Å². The first-order valence-corrected chi connectivity index (χ1v) is 9.58. The molecule has 0 aromatic carbocycles. The van der Waals surface area contributed by atoms with E-state index < -0.39 is 40.5 Å². The number of nitrogens with one attached hydrogen (secondary N) is 2. The molecule has 0 atom stereocenters. The van der Waals surface area contributed by atoms with Gasteiger partial charge in [-0.25, -0.2) is 0 Å². The van der Waals surface area contributed by atoms with E-state index in [1.807, 2.05) is 27.7 Å². The number of rotatable bonds is 4. The number of alkyl halides is 3. The number of halogens is 3. The van der Waals surface area contributed by atoms with Crippen molar-refractivity contribution in [2.24, 2.45) is 5.73 Å². The zero-order valence-electron chi connectivity index (χ0n) is 16.3. The van der Waals surface area contributed by atoms with Gasteiger partial charge in [0.25, 0.3) is 5.91 Å². The number of aromatic amines is 1. The Morgan fingerprint density at radius 1 is 1.34 bits per heavy atom. The zero-order chi connectivity index (χ0) is 21.8. The lowest BCUT2D eigenvalue weighted by Gasteiger charge is -2.41. The summed E-state index contributed by atoms with van der Waals surface area (Å²) < 4.78 is 45.0. The maximum atomic E-state index is 13.0. The molecule has 2 aromatic rings. The van der Waals surface area contributed by atoms with Crippen LogP contribution >= 0.6 is 11.3 Å². The minimum atomic E-state index is -4.74. The number of thiophene rings is 1. The molecule has 0 saturated carbocycles. The van der Waals surface area contributed by atoms with Crippen molar-refractivity contribution in [3.8, 4) is 0 Å². The molecule has 2 amide bonds. The van der Waals surface area contributed by atoms with Crippen molar-refractivity contribution >= 4 is 23.2 Å². The van der Waals surface area contributed by atoms with E-state index in [1.54, 1.807) is 5.10 Å². The second-order valence-corrected chi connectivity index (χ2v) is 9.07. The summed E-state index contributed by atoms with van der Waals surface area (Å²) in [6.45, 7) is 7.40. The van der Waals surface area contributed by atoms with Crippen molar-refractivity contribution in [1.29, 1.82) is 0 Å². The van der Waals surface area contributed by atoms with Crippen molar-refractivity contribution in [3.05, 3.63) is 38.3 Å². The molecule has 7 nitrogen and oxygen atoms in total. The topological polar surface area (TPSA) is 110 Å². The van der Waals surface area contributed by atoms with E-state index in [-0.39, 0.29) is 12.1 Å². The summed E-state index contributed by atoms with van der Waals surface area (Å²) in [5.41, 5.74) is 3.58. The molecule has 0 spiro atoms. The van der Waals surface area contributed by atoms with E-state index in [2.05, 4.69) is 10.4 Å². The predicted octanol–water partition coefficient (Wildman–Crippen LogP) is 3.11. The summed E-state index contributed by atoms with van der Waals surface area (Å²) in [6.07, 6.45) is -3.48. The highest BCUT2D eigenvalue weighted by atomic mass is 32.1. The fourth-order valence-corrected chi connectivity index (χ4v) is 5.01. The molecule has 29 heavy (non-hydrogen) atoms. The van der Waals surface area contributed by atoms with Crippen molar-refractivity contribution in [2.45, 2.75) is 58.0 Å². The summed E-state index contributed by atoms with van der Waals surface area (Å²) in [5, 5.41) is 7.52. The molecule has 3 heterocycles. The Morgan fingerprint density at radius 3 is 2.59 bits per heavy atom. The molecular weight excluding hydrogens is 409 g/mol. The van der Waals surface area contributed by atoms with Gasteiger partial charge >= 0.3 is 6.18 Å². The average molecular weight is 430 g/mol. The van der Waals surface area contributed by atoms with Gasteiger partial charge in [-0.15, -0.1) is 11.3 Å². The lowest BCUT2D eigenvalue weighted by molar-refractivity contribution is -0.141. The highest BCUT2D eigenvalue weighted by Gasteiger charge is 2.43. The van der Waals surface area contributed by atoms with Crippen LogP contribution in [-0.4, -0.2) is 27.6 Å². The molecule has 3 rings (SSSR count). The predicted molar refractivity (Wildman–Crippen MR) is 99.5 cm³/mol. The van der Waals surface area contributed by atoms with Gasteiger partial charge in [0.15, 0.2) is 5.69 Å². The van der Waals surface area contributed by atoms with Gasteiger partial charge in [-0.1, -0.05) is 0 Å². The second-order valence-electron chi connectivity index (χ2n) is 7.96. The molecule has 0 unspecified atom stereocenters. The monoisotopic (exact) mass is 430 g/mol. The standard InChI is InChI=1S/C18H21F3N4O3S/c1-16(2)5-8-11(14(22)26)10(29-13(8)17(3,4)28-16)7-23-15(27)9-6-24-25-12(9)18(19,20)21/h6H,5,7H2,1-4H3,(H2,22,26)(H,23,27)(H,24,25). The normalized spacial score (nSPS) is 17.6. The highest BCUT2D eigenvalue weighted by Crippen LogP contribution is 2.46. The van der Waals surface area contributed by atoms with Gasteiger partial charge in [0.2, 0.25) is 5.91 Å². The fourth-order valence-electron chi connectivity index (χ4n) is 3.71. The van der Waals surface area contributed by atoms with Crippen LogP contribution < -0.4 is 11.1 Å². The van der Waals surface area contributed by atoms with E-state index in [0.29, 0.717) is 11.3 Å². The third-order valence-electron chi connectivity index (χ3n) is 4.58. The van der Waals surface area contributed by atoms with Crippen molar-refractivity contribution < 1.29 is 27.5 Å². The van der Waals surface area contributed by atoms with E-state index >= 15 is 0 Å². The van der Waals surface area contributed by atoms with Crippen LogP contribution in [0.2, 0.25) is 0 Å². The van der Waals surface area contributed by atoms with E-state index in [4.69, 9.17) is 10.5 Å². The SMILES string of the molecule is CC1(C)Cc2c(sc(CNC(=O)c3cn[nH]c3C(F)(F)F)c2C(N)=O)C(C)(C)O1. The number of ether oxygens (including phenoxy) is 1. The van der Waals surface area contributed by atoms with Crippen LogP contribution in [0, 0.1) is 0 Å². The number of hydrogen-bond acceptors (Lipinski definition) is 5. The van der Waals surface area contributed by atoms with Gasteiger partial charge in [-0.05, 0) is 33.3 Å². The number of nitrogens with two attached hydrogens (primary N) is 1. The number of nitrogens with zero attached hydrogens (tertiary/aromatic N) is 1. The van der Waals surface area contributed by atoms with E-state index in [1.165, 1.54) is 11.3 Å².